The molecule has 0 heterocycles. The zero-order valence-corrected chi connectivity index (χ0v) is 12.1. The normalized spacial score (nSPS) is 15.0. The third kappa shape index (κ3) is 4.13. The second kappa shape index (κ2) is 6.03. The summed E-state index contributed by atoms with van der Waals surface area (Å²) in [7, 11) is 0. The van der Waals surface area contributed by atoms with Gasteiger partial charge >= 0.3 is 6.18 Å². The van der Waals surface area contributed by atoms with Crippen molar-refractivity contribution in [3.8, 4) is 0 Å². The van der Waals surface area contributed by atoms with Crippen molar-refractivity contribution in [2.24, 2.45) is 5.92 Å². The maximum Gasteiger partial charge on any atom is 0.416 e. The maximum atomic E-state index is 12.5. The molecule has 0 saturated heterocycles. The Balaban J connectivity index is 1.82. The molecule has 20 heavy (non-hydrogen) atoms. The van der Waals surface area contributed by atoms with Crippen LogP contribution in [0.15, 0.2) is 22.7 Å². The highest BCUT2D eigenvalue weighted by Gasteiger charge is 2.31. The number of carbonyl (C=O) groups excluding carboxylic acids is 1. The minimum Gasteiger partial charge on any atom is -0.382 e. The van der Waals surface area contributed by atoms with Crippen molar-refractivity contribution in [2.75, 3.05) is 18.4 Å². The van der Waals surface area contributed by atoms with Gasteiger partial charge in [0.1, 0.15) is 0 Å². The van der Waals surface area contributed by atoms with Crippen molar-refractivity contribution in [2.45, 2.75) is 19.0 Å². The third-order valence-electron chi connectivity index (χ3n) is 2.98. The smallest absolute Gasteiger partial charge is 0.382 e. The first-order valence-corrected chi connectivity index (χ1v) is 7.05. The number of rotatable bonds is 5. The van der Waals surface area contributed by atoms with Crippen LogP contribution in [-0.4, -0.2) is 19.0 Å². The molecule has 1 aromatic carbocycles. The number of amides is 1. The summed E-state index contributed by atoms with van der Waals surface area (Å²) in [6.45, 7) is 0.908. The van der Waals surface area contributed by atoms with Gasteiger partial charge in [0, 0.05) is 29.2 Å². The van der Waals surface area contributed by atoms with E-state index in [-0.39, 0.29) is 11.8 Å². The van der Waals surface area contributed by atoms with Crippen LogP contribution in [0.3, 0.4) is 0 Å². The lowest BCUT2D eigenvalue weighted by Crippen LogP contribution is -2.29. The number of halogens is 4. The molecule has 2 N–H and O–H groups in total. The number of carbonyl (C=O) groups is 1. The molecule has 0 aromatic heterocycles. The number of anilines is 1. The first-order valence-electron chi connectivity index (χ1n) is 6.26. The van der Waals surface area contributed by atoms with Gasteiger partial charge in [0.15, 0.2) is 0 Å². The topological polar surface area (TPSA) is 41.1 Å². The van der Waals surface area contributed by atoms with Gasteiger partial charge in [-0.05, 0) is 47.0 Å². The Morgan fingerprint density at radius 1 is 1.30 bits per heavy atom. The summed E-state index contributed by atoms with van der Waals surface area (Å²) < 4.78 is 37.8. The molecule has 0 spiro atoms. The van der Waals surface area contributed by atoms with Gasteiger partial charge in [-0.3, -0.25) is 4.79 Å². The van der Waals surface area contributed by atoms with Gasteiger partial charge in [-0.25, -0.2) is 0 Å². The van der Waals surface area contributed by atoms with Crippen molar-refractivity contribution in [3.63, 3.8) is 0 Å². The molecule has 0 radical (unpaired) electrons. The average Bonchev–Trinajstić information content (AvgIpc) is 3.18. The fraction of sp³-hybridized carbons (Fsp3) is 0.462. The summed E-state index contributed by atoms with van der Waals surface area (Å²) in [4.78, 5) is 11.4. The SMILES string of the molecule is O=C(NCCNc1ccc(C(F)(F)F)cc1Br)C1CC1. The summed E-state index contributed by atoms with van der Waals surface area (Å²) in [5.41, 5.74) is -0.129. The maximum absolute atomic E-state index is 12.5. The fourth-order valence-corrected chi connectivity index (χ4v) is 2.23. The first-order chi connectivity index (χ1) is 9.38. The van der Waals surface area contributed by atoms with Crippen LogP contribution >= 0.6 is 15.9 Å². The molecule has 7 heteroatoms. The number of hydrogen-bond donors (Lipinski definition) is 2. The Hall–Kier alpha value is -1.24. The Labute approximate surface area is 123 Å². The van der Waals surface area contributed by atoms with Gasteiger partial charge in [0.05, 0.1) is 5.56 Å². The van der Waals surface area contributed by atoms with Crippen LogP contribution in [0.4, 0.5) is 18.9 Å². The Kier molecular flexibility index (Phi) is 4.57. The minimum atomic E-state index is -4.35. The molecule has 110 valence electrons. The molecule has 1 saturated carbocycles. The summed E-state index contributed by atoms with van der Waals surface area (Å²) >= 11 is 3.10. The Bertz CT molecular complexity index is 501. The number of hydrogen-bond acceptors (Lipinski definition) is 2. The lowest BCUT2D eigenvalue weighted by molar-refractivity contribution is -0.137. The van der Waals surface area contributed by atoms with Crippen LogP contribution in [0.2, 0.25) is 0 Å². The monoisotopic (exact) mass is 350 g/mol. The largest absolute Gasteiger partial charge is 0.416 e. The number of benzene rings is 1. The fourth-order valence-electron chi connectivity index (χ4n) is 1.71. The quantitative estimate of drug-likeness (QED) is 0.799. The molecular weight excluding hydrogens is 337 g/mol. The van der Waals surface area contributed by atoms with E-state index >= 15 is 0 Å². The minimum absolute atomic E-state index is 0.0540. The van der Waals surface area contributed by atoms with Crippen LogP contribution in [0.1, 0.15) is 18.4 Å². The highest BCUT2D eigenvalue weighted by Crippen LogP contribution is 2.33. The molecule has 3 nitrogen and oxygen atoms in total. The lowest BCUT2D eigenvalue weighted by atomic mass is 10.2. The standard InChI is InChI=1S/C13H14BrF3N2O/c14-10-7-9(13(15,16)17)3-4-11(10)18-5-6-19-12(20)8-1-2-8/h3-4,7-8,18H,1-2,5-6H2,(H,19,20). The zero-order valence-electron chi connectivity index (χ0n) is 10.6. The summed E-state index contributed by atoms with van der Waals surface area (Å²) in [5.74, 6) is 0.214. The van der Waals surface area contributed by atoms with Crippen LogP contribution in [-0.2, 0) is 11.0 Å². The number of alkyl halides is 3. The zero-order chi connectivity index (χ0) is 14.8. The first kappa shape index (κ1) is 15.2. The Morgan fingerprint density at radius 2 is 2.00 bits per heavy atom. The highest BCUT2D eigenvalue weighted by molar-refractivity contribution is 9.10. The second-order valence-electron chi connectivity index (χ2n) is 4.68. The van der Waals surface area contributed by atoms with Crippen molar-refractivity contribution in [1.29, 1.82) is 0 Å². The van der Waals surface area contributed by atoms with Crippen LogP contribution in [0.25, 0.3) is 0 Å². The van der Waals surface area contributed by atoms with Crippen molar-refractivity contribution < 1.29 is 18.0 Å². The summed E-state index contributed by atoms with van der Waals surface area (Å²) in [6.07, 6.45) is -2.45. The highest BCUT2D eigenvalue weighted by atomic mass is 79.9. The van der Waals surface area contributed by atoms with E-state index in [1.54, 1.807) is 0 Å². The van der Waals surface area contributed by atoms with Crippen LogP contribution < -0.4 is 10.6 Å². The third-order valence-corrected chi connectivity index (χ3v) is 3.64. The molecule has 0 unspecified atom stereocenters. The second-order valence-corrected chi connectivity index (χ2v) is 5.54. The van der Waals surface area contributed by atoms with E-state index in [4.69, 9.17) is 0 Å². The van der Waals surface area contributed by atoms with Crippen molar-refractivity contribution in [1.82, 2.24) is 5.32 Å². The van der Waals surface area contributed by atoms with Gasteiger partial charge in [-0.2, -0.15) is 13.2 Å². The Morgan fingerprint density at radius 3 is 2.55 bits per heavy atom. The predicted molar refractivity (Wildman–Crippen MR) is 73.4 cm³/mol. The predicted octanol–water partition coefficient (Wildman–Crippen LogP) is 3.41. The van der Waals surface area contributed by atoms with E-state index in [1.807, 2.05) is 0 Å². The molecule has 1 fully saturated rings. The molecule has 0 atom stereocenters. The number of nitrogens with one attached hydrogen (secondary N) is 2. The van der Waals surface area contributed by atoms with E-state index in [1.165, 1.54) is 6.07 Å². The van der Waals surface area contributed by atoms with E-state index in [0.29, 0.717) is 23.2 Å². The van der Waals surface area contributed by atoms with Crippen LogP contribution in [0.5, 0.6) is 0 Å². The van der Waals surface area contributed by atoms with Gasteiger partial charge in [-0.1, -0.05) is 0 Å². The van der Waals surface area contributed by atoms with E-state index < -0.39 is 11.7 Å². The van der Waals surface area contributed by atoms with Crippen molar-refractivity contribution >= 4 is 27.5 Å². The molecular formula is C13H14BrF3N2O. The molecule has 0 bridgehead atoms. The molecule has 1 aliphatic rings. The van der Waals surface area contributed by atoms with Gasteiger partial charge in [0.2, 0.25) is 5.91 Å². The van der Waals surface area contributed by atoms with E-state index in [9.17, 15) is 18.0 Å². The molecule has 1 aliphatic carbocycles. The molecule has 1 amide bonds. The van der Waals surface area contributed by atoms with Crippen LogP contribution in [0, 0.1) is 5.92 Å². The molecule has 2 rings (SSSR count). The summed E-state index contributed by atoms with van der Waals surface area (Å²) in [5, 5.41) is 5.75. The van der Waals surface area contributed by atoms with E-state index in [2.05, 4.69) is 26.6 Å². The summed E-state index contributed by atoms with van der Waals surface area (Å²) in [6, 6.07) is 3.43. The average molecular weight is 351 g/mol. The van der Waals surface area contributed by atoms with Gasteiger partial charge in [0.25, 0.3) is 0 Å². The molecule has 0 aliphatic heterocycles. The van der Waals surface area contributed by atoms with Gasteiger partial charge < -0.3 is 10.6 Å². The van der Waals surface area contributed by atoms with E-state index in [0.717, 1.165) is 25.0 Å². The molecule has 1 aromatic rings. The lowest BCUT2D eigenvalue weighted by Gasteiger charge is -2.12. The van der Waals surface area contributed by atoms with Gasteiger partial charge in [-0.15, -0.1) is 0 Å². The van der Waals surface area contributed by atoms with Crippen molar-refractivity contribution in [3.05, 3.63) is 28.2 Å².